The Balaban J connectivity index is 1.94. The van der Waals surface area contributed by atoms with E-state index in [1.165, 1.54) is 0 Å². The molecule has 0 aromatic heterocycles. The first-order valence-corrected chi connectivity index (χ1v) is 11.4. The number of hydrogen-bond donors (Lipinski definition) is 3. The fraction of sp³-hybridized carbons (Fsp3) is 0.609. The van der Waals surface area contributed by atoms with E-state index in [-0.39, 0.29) is 25.0 Å². The number of carbonyl (C=O) groups excluding carboxylic acids is 3. The number of rotatable bonds is 11. The van der Waals surface area contributed by atoms with E-state index in [2.05, 4.69) is 23.3 Å². The predicted molar refractivity (Wildman–Crippen MR) is 123 cm³/mol. The van der Waals surface area contributed by atoms with Crippen molar-refractivity contribution in [3.05, 3.63) is 35.9 Å². The smallest absolute Gasteiger partial charge is 0.331 e. The number of nitrogens with one attached hydrogen (secondary N) is 2. The summed E-state index contributed by atoms with van der Waals surface area (Å²) in [5, 5.41) is 4.86. The van der Waals surface area contributed by atoms with Crippen LogP contribution in [0.1, 0.15) is 39.2 Å². The highest BCUT2D eigenvalue weighted by molar-refractivity contribution is 7.81. The second-order valence-electron chi connectivity index (χ2n) is 8.29. The Labute approximate surface area is 195 Å². The maximum atomic E-state index is 12.9. The molecule has 1 aromatic carbocycles. The van der Waals surface area contributed by atoms with E-state index in [0.717, 1.165) is 18.4 Å². The molecule has 2 atom stereocenters. The van der Waals surface area contributed by atoms with E-state index >= 15 is 0 Å². The van der Waals surface area contributed by atoms with Crippen molar-refractivity contribution >= 4 is 30.4 Å². The standard InChI is InChI=1S/C23H34N2O6S/c1-4-31-21(27)18(15-30-14-16-8-6-5-7-9-16)24-22(28)23(2,3)25-20(26)19(32)17-10-12-29-13-11-17/h5-9,17-19,32H,4,10-15H2,1-3H3,(H,24,28)(H,25,26). The van der Waals surface area contributed by atoms with Crippen LogP contribution in [-0.4, -0.2) is 61.0 Å². The van der Waals surface area contributed by atoms with Crippen LogP contribution >= 0.6 is 12.6 Å². The number of thiol groups is 1. The van der Waals surface area contributed by atoms with Gasteiger partial charge in [-0.15, -0.1) is 0 Å². The molecule has 0 bridgehead atoms. The highest BCUT2D eigenvalue weighted by atomic mass is 32.1. The topological polar surface area (TPSA) is 103 Å². The monoisotopic (exact) mass is 466 g/mol. The van der Waals surface area contributed by atoms with E-state index in [9.17, 15) is 14.4 Å². The van der Waals surface area contributed by atoms with Gasteiger partial charge in [-0.25, -0.2) is 4.79 Å². The Morgan fingerprint density at radius 1 is 1.19 bits per heavy atom. The van der Waals surface area contributed by atoms with E-state index in [4.69, 9.17) is 14.2 Å². The van der Waals surface area contributed by atoms with Crippen LogP contribution < -0.4 is 10.6 Å². The second kappa shape index (κ2) is 12.8. The lowest BCUT2D eigenvalue weighted by Gasteiger charge is -2.31. The molecule has 1 heterocycles. The van der Waals surface area contributed by atoms with Gasteiger partial charge in [-0.2, -0.15) is 12.6 Å². The van der Waals surface area contributed by atoms with Gasteiger partial charge in [0, 0.05) is 13.2 Å². The molecule has 0 aliphatic carbocycles. The summed E-state index contributed by atoms with van der Waals surface area (Å²) in [7, 11) is 0. The third kappa shape index (κ3) is 8.11. The van der Waals surface area contributed by atoms with Crippen molar-refractivity contribution in [1.29, 1.82) is 0 Å². The first-order valence-electron chi connectivity index (χ1n) is 10.9. The summed E-state index contributed by atoms with van der Waals surface area (Å²) in [4.78, 5) is 38.0. The van der Waals surface area contributed by atoms with E-state index in [1.54, 1.807) is 20.8 Å². The zero-order valence-electron chi connectivity index (χ0n) is 19.0. The van der Waals surface area contributed by atoms with Crippen LogP contribution in [0.5, 0.6) is 0 Å². The van der Waals surface area contributed by atoms with Gasteiger partial charge in [-0.3, -0.25) is 9.59 Å². The van der Waals surface area contributed by atoms with Crippen LogP contribution in [-0.2, 0) is 35.2 Å². The van der Waals surface area contributed by atoms with Crippen LogP contribution in [0, 0.1) is 5.92 Å². The molecule has 1 fully saturated rings. The number of esters is 1. The number of benzene rings is 1. The minimum atomic E-state index is -1.26. The molecule has 0 saturated carbocycles. The fourth-order valence-corrected chi connectivity index (χ4v) is 3.67. The maximum Gasteiger partial charge on any atom is 0.331 e. The molecule has 1 aliphatic rings. The molecule has 8 nitrogen and oxygen atoms in total. The van der Waals surface area contributed by atoms with Gasteiger partial charge in [-0.1, -0.05) is 30.3 Å². The van der Waals surface area contributed by atoms with Crippen molar-refractivity contribution in [3.8, 4) is 0 Å². The normalized spacial score (nSPS) is 16.6. The Bertz CT molecular complexity index is 752. The molecule has 2 rings (SSSR count). The van der Waals surface area contributed by atoms with Crippen LogP contribution in [0.2, 0.25) is 0 Å². The van der Waals surface area contributed by atoms with Gasteiger partial charge in [0.2, 0.25) is 11.8 Å². The molecule has 178 valence electrons. The summed E-state index contributed by atoms with van der Waals surface area (Å²) in [6.07, 6.45) is 1.50. The summed E-state index contributed by atoms with van der Waals surface area (Å²) in [6, 6.07) is 8.50. The Kier molecular flexibility index (Phi) is 10.5. The first-order chi connectivity index (χ1) is 15.2. The largest absolute Gasteiger partial charge is 0.464 e. The Hall–Kier alpha value is -2.10. The Morgan fingerprint density at radius 3 is 2.47 bits per heavy atom. The first kappa shape index (κ1) is 26.2. The summed E-state index contributed by atoms with van der Waals surface area (Å²) >= 11 is 4.47. The van der Waals surface area contributed by atoms with E-state index in [1.807, 2.05) is 30.3 Å². The van der Waals surface area contributed by atoms with Gasteiger partial charge in [0.05, 0.1) is 25.1 Å². The van der Waals surface area contributed by atoms with Gasteiger partial charge in [0.25, 0.3) is 0 Å². The molecule has 32 heavy (non-hydrogen) atoms. The highest BCUT2D eigenvalue weighted by Gasteiger charge is 2.36. The summed E-state index contributed by atoms with van der Waals surface area (Å²) < 4.78 is 16.0. The number of amides is 2. The van der Waals surface area contributed by atoms with Crippen LogP contribution in [0.25, 0.3) is 0 Å². The Morgan fingerprint density at radius 2 is 1.84 bits per heavy atom. The predicted octanol–water partition coefficient (Wildman–Crippen LogP) is 1.87. The second-order valence-corrected chi connectivity index (χ2v) is 8.84. The van der Waals surface area contributed by atoms with Gasteiger partial charge in [-0.05, 0) is 45.1 Å². The molecular weight excluding hydrogens is 432 g/mol. The van der Waals surface area contributed by atoms with Crippen molar-refractivity contribution in [3.63, 3.8) is 0 Å². The molecule has 1 saturated heterocycles. The summed E-state index contributed by atoms with van der Waals surface area (Å²) in [5.41, 5.74) is -0.310. The lowest BCUT2D eigenvalue weighted by atomic mass is 9.94. The minimum absolute atomic E-state index is 0.0548. The van der Waals surface area contributed by atoms with Crippen LogP contribution in [0.3, 0.4) is 0 Å². The van der Waals surface area contributed by atoms with Gasteiger partial charge < -0.3 is 24.8 Å². The van der Waals surface area contributed by atoms with Crippen molar-refractivity contribution in [1.82, 2.24) is 10.6 Å². The quantitative estimate of drug-likeness (QED) is 0.340. The van der Waals surface area contributed by atoms with E-state index < -0.39 is 28.7 Å². The minimum Gasteiger partial charge on any atom is -0.464 e. The van der Waals surface area contributed by atoms with Crippen molar-refractivity contribution < 1.29 is 28.6 Å². The number of carbonyl (C=O) groups is 3. The SMILES string of the molecule is CCOC(=O)C(COCc1ccccc1)NC(=O)C(C)(C)NC(=O)C(S)C1CCOCC1. The molecule has 1 aliphatic heterocycles. The number of ether oxygens (including phenoxy) is 3. The van der Waals surface area contributed by atoms with Gasteiger partial charge in [0.15, 0.2) is 6.04 Å². The molecular formula is C23H34N2O6S. The van der Waals surface area contributed by atoms with Crippen LogP contribution in [0.4, 0.5) is 0 Å². The van der Waals surface area contributed by atoms with Gasteiger partial charge >= 0.3 is 5.97 Å². The molecule has 0 spiro atoms. The summed E-state index contributed by atoms with van der Waals surface area (Å²) in [5.74, 6) is -1.34. The molecule has 2 N–H and O–H groups in total. The van der Waals surface area contributed by atoms with Crippen molar-refractivity contribution in [2.24, 2.45) is 5.92 Å². The zero-order chi connectivity index (χ0) is 23.6. The van der Waals surface area contributed by atoms with Crippen molar-refractivity contribution in [2.45, 2.75) is 57.1 Å². The molecule has 9 heteroatoms. The third-order valence-electron chi connectivity index (χ3n) is 5.26. The average molecular weight is 467 g/mol. The zero-order valence-corrected chi connectivity index (χ0v) is 19.9. The molecule has 0 radical (unpaired) electrons. The van der Waals surface area contributed by atoms with E-state index in [0.29, 0.717) is 19.8 Å². The lowest BCUT2D eigenvalue weighted by Crippen LogP contribution is -2.60. The van der Waals surface area contributed by atoms with Crippen molar-refractivity contribution in [2.75, 3.05) is 26.4 Å². The fourth-order valence-electron chi connectivity index (χ4n) is 3.30. The molecule has 2 unspecified atom stereocenters. The summed E-state index contributed by atoms with van der Waals surface area (Å²) in [6.45, 7) is 6.47. The van der Waals surface area contributed by atoms with Gasteiger partial charge in [0.1, 0.15) is 5.54 Å². The third-order valence-corrected chi connectivity index (χ3v) is 5.91. The molecule has 2 amide bonds. The maximum absolute atomic E-state index is 12.9. The average Bonchev–Trinajstić information content (AvgIpc) is 2.78. The highest BCUT2D eigenvalue weighted by Crippen LogP contribution is 2.23. The van der Waals surface area contributed by atoms with Crippen LogP contribution in [0.15, 0.2) is 30.3 Å². The lowest BCUT2D eigenvalue weighted by molar-refractivity contribution is -0.150. The molecule has 1 aromatic rings. The number of hydrogen-bond acceptors (Lipinski definition) is 7.